The van der Waals surface area contributed by atoms with E-state index in [1.165, 1.54) is 23.9 Å². The maximum Gasteiger partial charge on any atom is 0.251 e. The number of thioether (sulfide) groups is 1. The molecular weight excluding hydrogens is 455 g/mol. The number of amides is 2. The van der Waals surface area contributed by atoms with Crippen LogP contribution in [0.5, 0.6) is 11.5 Å². The average molecular weight is 481 g/mol. The molecule has 34 heavy (non-hydrogen) atoms. The molecule has 0 saturated carbocycles. The number of aryl methyl sites for hydroxylation is 1. The first-order valence-corrected chi connectivity index (χ1v) is 11.7. The maximum absolute atomic E-state index is 13.4. The van der Waals surface area contributed by atoms with E-state index < -0.39 is 0 Å². The summed E-state index contributed by atoms with van der Waals surface area (Å²) in [7, 11) is 3.15. The zero-order valence-electron chi connectivity index (χ0n) is 19.1. The lowest BCUT2D eigenvalue weighted by atomic mass is 10.1. The Balaban J connectivity index is 1.51. The van der Waals surface area contributed by atoms with E-state index in [4.69, 9.17) is 9.47 Å². The van der Waals surface area contributed by atoms with Gasteiger partial charge >= 0.3 is 0 Å². The molecule has 3 aromatic carbocycles. The molecule has 3 aromatic rings. The van der Waals surface area contributed by atoms with E-state index >= 15 is 0 Å². The number of hydrogen-bond donors (Lipinski definition) is 1. The summed E-state index contributed by atoms with van der Waals surface area (Å²) in [5.74, 6) is 1.07. The van der Waals surface area contributed by atoms with Crippen LogP contribution in [0.2, 0.25) is 0 Å². The summed E-state index contributed by atoms with van der Waals surface area (Å²) in [5.41, 5.74) is 3.73. The number of methoxy groups -OCH3 is 2. The molecule has 0 aliphatic carbocycles. The molecule has 0 bridgehead atoms. The smallest absolute Gasteiger partial charge is 0.251 e. The number of nitrogens with zero attached hydrogens (tertiary/aromatic N) is 1. The van der Waals surface area contributed by atoms with Crippen LogP contribution in [-0.2, 0) is 11.3 Å². The lowest BCUT2D eigenvalue weighted by Gasteiger charge is -2.26. The number of ether oxygens (including phenoxy) is 2. The number of nitrogens with one attached hydrogen (secondary N) is 1. The summed E-state index contributed by atoms with van der Waals surface area (Å²) in [6.45, 7) is 2.18. The second-order valence-corrected chi connectivity index (χ2v) is 8.95. The van der Waals surface area contributed by atoms with E-state index in [9.17, 15) is 14.0 Å². The third kappa shape index (κ3) is 5.02. The van der Waals surface area contributed by atoms with Crippen LogP contribution in [0, 0.1) is 12.7 Å². The molecule has 1 aliphatic heterocycles. The van der Waals surface area contributed by atoms with Gasteiger partial charge in [0.15, 0.2) is 0 Å². The van der Waals surface area contributed by atoms with Crippen molar-refractivity contribution < 1.29 is 23.5 Å². The topological polar surface area (TPSA) is 67.9 Å². The highest BCUT2D eigenvalue weighted by Gasteiger charge is 2.34. The molecule has 1 saturated heterocycles. The highest BCUT2D eigenvalue weighted by molar-refractivity contribution is 8.00. The molecule has 1 aliphatic rings. The Morgan fingerprint density at radius 3 is 2.35 bits per heavy atom. The van der Waals surface area contributed by atoms with Gasteiger partial charge in [0.05, 0.1) is 20.0 Å². The zero-order chi connectivity index (χ0) is 24.2. The molecule has 0 aromatic heterocycles. The summed E-state index contributed by atoms with van der Waals surface area (Å²) in [6, 6.07) is 16.9. The van der Waals surface area contributed by atoms with Crippen LogP contribution in [0.15, 0.2) is 60.7 Å². The van der Waals surface area contributed by atoms with Crippen molar-refractivity contribution in [1.29, 1.82) is 0 Å². The number of anilines is 1. The highest BCUT2D eigenvalue weighted by atomic mass is 32.2. The lowest BCUT2D eigenvalue weighted by molar-refractivity contribution is -0.115. The average Bonchev–Trinajstić information content (AvgIpc) is 3.23. The van der Waals surface area contributed by atoms with E-state index in [1.807, 2.05) is 19.1 Å². The minimum absolute atomic E-state index is 0.0217. The molecule has 1 atom stereocenters. The highest BCUT2D eigenvalue weighted by Crippen LogP contribution is 2.42. The van der Waals surface area contributed by atoms with Crippen LogP contribution in [0.25, 0.3) is 0 Å². The molecule has 1 fully saturated rings. The summed E-state index contributed by atoms with van der Waals surface area (Å²) < 4.78 is 23.9. The molecule has 1 unspecified atom stereocenters. The number of halogens is 1. The summed E-state index contributed by atoms with van der Waals surface area (Å²) in [5, 5.41) is 2.67. The van der Waals surface area contributed by atoms with Crippen molar-refractivity contribution >= 4 is 29.3 Å². The maximum atomic E-state index is 13.4. The number of rotatable bonds is 7. The van der Waals surface area contributed by atoms with Gasteiger partial charge in [0, 0.05) is 23.9 Å². The van der Waals surface area contributed by atoms with Crippen molar-refractivity contribution in [3.05, 3.63) is 88.7 Å². The molecule has 8 heteroatoms. The lowest BCUT2D eigenvalue weighted by Crippen LogP contribution is -2.29. The quantitative estimate of drug-likeness (QED) is 0.523. The van der Waals surface area contributed by atoms with Crippen LogP contribution < -0.4 is 19.7 Å². The Hall–Kier alpha value is -3.52. The summed E-state index contributed by atoms with van der Waals surface area (Å²) >= 11 is 1.50. The second kappa shape index (κ2) is 10.2. The number of carbonyl (C=O) groups excluding carboxylic acids is 2. The number of hydrogen-bond acceptors (Lipinski definition) is 5. The first-order chi connectivity index (χ1) is 16.4. The van der Waals surface area contributed by atoms with Crippen LogP contribution >= 0.6 is 11.8 Å². The Labute approximate surface area is 202 Å². The molecule has 1 heterocycles. The summed E-state index contributed by atoms with van der Waals surface area (Å²) in [4.78, 5) is 27.2. The fourth-order valence-electron chi connectivity index (χ4n) is 3.88. The SMILES string of the molecule is COc1cc(CNC(=O)c2ccc(N3C(=O)CSC3c3ccc(F)cc3)c(C)c2)cc(OC)c1. The van der Waals surface area contributed by atoms with Gasteiger partial charge in [0.25, 0.3) is 5.91 Å². The molecule has 0 spiro atoms. The van der Waals surface area contributed by atoms with Gasteiger partial charge < -0.3 is 14.8 Å². The Morgan fingerprint density at radius 2 is 1.74 bits per heavy atom. The van der Waals surface area contributed by atoms with E-state index in [-0.39, 0.29) is 23.0 Å². The predicted octanol–water partition coefficient (Wildman–Crippen LogP) is 4.86. The third-order valence-corrected chi connectivity index (χ3v) is 6.82. The fraction of sp³-hybridized carbons (Fsp3) is 0.231. The van der Waals surface area contributed by atoms with Crippen LogP contribution in [0.3, 0.4) is 0 Å². The van der Waals surface area contributed by atoms with Gasteiger partial charge in [-0.25, -0.2) is 4.39 Å². The standard InChI is InChI=1S/C26H25FN2O4S/c1-16-10-19(25(31)28-14-17-11-21(32-2)13-22(12-17)33-3)6-9-23(16)29-24(30)15-34-26(29)18-4-7-20(27)8-5-18/h4-13,26H,14-15H2,1-3H3,(H,28,31). The first kappa shape index (κ1) is 23.6. The second-order valence-electron chi connectivity index (χ2n) is 7.88. The van der Waals surface area contributed by atoms with Gasteiger partial charge in [-0.1, -0.05) is 12.1 Å². The third-order valence-electron chi connectivity index (χ3n) is 5.61. The van der Waals surface area contributed by atoms with E-state index in [0.717, 1.165) is 22.4 Å². The van der Waals surface area contributed by atoms with E-state index in [2.05, 4.69) is 5.32 Å². The molecule has 4 rings (SSSR count). The van der Waals surface area contributed by atoms with Gasteiger partial charge in [-0.3, -0.25) is 14.5 Å². The first-order valence-electron chi connectivity index (χ1n) is 10.7. The normalized spacial score (nSPS) is 15.4. The van der Waals surface area contributed by atoms with Gasteiger partial charge in [0.1, 0.15) is 22.7 Å². The predicted molar refractivity (Wildman–Crippen MR) is 131 cm³/mol. The number of benzene rings is 3. The zero-order valence-corrected chi connectivity index (χ0v) is 19.9. The van der Waals surface area contributed by atoms with Crippen molar-refractivity contribution in [2.45, 2.75) is 18.8 Å². The molecular formula is C26H25FN2O4S. The van der Waals surface area contributed by atoms with Crippen LogP contribution in [-0.4, -0.2) is 31.8 Å². The van der Waals surface area contributed by atoms with Gasteiger partial charge in [-0.15, -0.1) is 11.8 Å². The van der Waals surface area contributed by atoms with Crippen molar-refractivity contribution in [3.63, 3.8) is 0 Å². The largest absolute Gasteiger partial charge is 0.497 e. The van der Waals surface area contributed by atoms with Gasteiger partial charge in [-0.2, -0.15) is 0 Å². The van der Waals surface area contributed by atoms with Crippen molar-refractivity contribution in [1.82, 2.24) is 5.32 Å². The minimum Gasteiger partial charge on any atom is -0.497 e. The Bertz CT molecular complexity index is 1190. The van der Waals surface area contributed by atoms with E-state index in [1.54, 1.807) is 55.5 Å². The van der Waals surface area contributed by atoms with Crippen LogP contribution in [0.1, 0.15) is 32.4 Å². The minimum atomic E-state index is -0.316. The fourth-order valence-corrected chi connectivity index (χ4v) is 5.05. The number of carbonyl (C=O) groups is 2. The van der Waals surface area contributed by atoms with Gasteiger partial charge in [0.2, 0.25) is 5.91 Å². The molecule has 0 radical (unpaired) electrons. The van der Waals surface area contributed by atoms with Gasteiger partial charge in [-0.05, 0) is 66.1 Å². The molecule has 1 N–H and O–H groups in total. The molecule has 6 nitrogen and oxygen atoms in total. The van der Waals surface area contributed by atoms with Crippen molar-refractivity contribution in [2.24, 2.45) is 0 Å². The van der Waals surface area contributed by atoms with Crippen molar-refractivity contribution in [2.75, 3.05) is 24.9 Å². The van der Waals surface area contributed by atoms with Crippen molar-refractivity contribution in [3.8, 4) is 11.5 Å². The molecule has 176 valence electrons. The molecule has 2 amide bonds. The Kier molecular flexibility index (Phi) is 7.07. The van der Waals surface area contributed by atoms with E-state index in [0.29, 0.717) is 29.4 Å². The monoisotopic (exact) mass is 480 g/mol. The van der Waals surface area contributed by atoms with Crippen LogP contribution in [0.4, 0.5) is 10.1 Å². The Morgan fingerprint density at radius 1 is 1.06 bits per heavy atom. The summed E-state index contributed by atoms with van der Waals surface area (Å²) in [6.07, 6.45) is 0.